The van der Waals surface area contributed by atoms with E-state index in [0.29, 0.717) is 23.5 Å². The van der Waals surface area contributed by atoms with Gasteiger partial charge < -0.3 is 34.7 Å². The number of phenolic OH excluding ortho intramolecular Hbond substituents is 5. The number of aryl methyl sites for hydroxylation is 3. The molecule has 0 atom stereocenters. The maximum atomic E-state index is 12.6. The smallest absolute Gasteiger partial charge is 0.202 e. The maximum Gasteiger partial charge on any atom is 0.202 e. The minimum atomic E-state index is -0.825. The van der Waals surface area contributed by atoms with Gasteiger partial charge in [0.05, 0.1) is 29.4 Å². The first-order valence-corrected chi connectivity index (χ1v) is 12.9. The molecule has 0 amide bonds. The summed E-state index contributed by atoms with van der Waals surface area (Å²) in [6.45, 7) is 8.64. The zero-order valence-electron chi connectivity index (χ0n) is 23.9. The normalized spacial score (nSPS) is 11.9. The van der Waals surface area contributed by atoms with Gasteiger partial charge in [-0.05, 0) is 64.3 Å². The number of hydrogen-bond donors (Lipinski definition) is 5. The van der Waals surface area contributed by atoms with Crippen LogP contribution in [0, 0.1) is 20.8 Å². The van der Waals surface area contributed by atoms with Crippen molar-refractivity contribution in [1.82, 2.24) is 0 Å². The molecule has 5 rings (SSSR count). The number of aromatic hydroxyl groups is 5. The average Bonchev–Trinajstić information content (AvgIpc) is 2.90. The lowest BCUT2D eigenvalue weighted by Gasteiger charge is -2.22. The van der Waals surface area contributed by atoms with Gasteiger partial charge in [0, 0.05) is 17.7 Å². The Morgan fingerprint density at radius 3 is 1.71 bits per heavy atom. The minimum absolute atomic E-state index is 0.119. The molecule has 10 nitrogen and oxygen atoms in total. The van der Waals surface area contributed by atoms with Crippen LogP contribution in [0.3, 0.4) is 0 Å². The summed E-state index contributed by atoms with van der Waals surface area (Å²) >= 11 is 0. The van der Waals surface area contributed by atoms with Crippen LogP contribution in [-0.4, -0.2) is 44.2 Å². The van der Waals surface area contributed by atoms with Crippen molar-refractivity contribution in [1.29, 1.82) is 0 Å². The molecule has 10 heteroatoms. The van der Waals surface area contributed by atoms with Crippen LogP contribution in [0.1, 0.15) is 68.1 Å². The Morgan fingerprint density at radius 1 is 0.762 bits per heavy atom. The van der Waals surface area contributed by atoms with Crippen molar-refractivity contribution in [3.05, 3.63) is 90.8 Å². The summed E-state index contributed by atoms with van der Waals surface area (Å²) in [7, 11) is 1.53. The van der Waals surface area contributed by atoms with Gasteiger partial charge in [0.15, 0.2) is 5.43 Å². The molecule has 42 heavy (non-hydrogen) atoms. The number of fused-ring (bicyclic) bond motifs is 3. The molecule has 1 aromatic heterocycles. The molecule has 5 N–H and O–H groups in total. The number of methoxy groups -OCH3 is 1. The Hall–Kier alpha value is -5.25. The fourth-order valence-electron chi connectivity index (χ4n) is 4.87. The topological polar surface area (TPSA) is 175 Å². The molecular weight excluding hydrogens is 544 g/mol. The second-order valence-corrected chi connectivity index (χ2v) is 10.3. The largest absolute Gasteiger partial charge is 0.507 e. The average molecular weight is 575 g/mol. The SMILES string of the molecule is COc1cc(O)c2c(=O)cc(C)oc2c1CC=C(C)C.Cc1cc(O)c2c(c1O)C(=O)c1c(O)cc(C)c(O)c1C2=O. The molecule has 0 saturated carbocycles. The van der Waals surface area contributed by atoms with Gasteiger partial charge in [0.1, 0.15) is 51.2 Å². The lowest BCUT2D eigenvalue weighted by molar-refractivity contribution is 0.0969. The summed E-state index contributed by atoms with van der Waals surface area (Å²) in [5, 5.41) is 50.3. The molecule has 0 aliphatic heterocycles. The second-order valence-electron chi connectivity index (χ2n) is 10.3. The summed E-state index contributed by atoms with van der Waals surface area (Å²) < 4.78 is 11.0. The van der Waals surface area contributed by atoms with Crippen LogP contribution in [-0.2, 0) is 6.42 Å². The number of carbonyl (C=O) groups excluding carboxylic acids is 2. The highest BCUT2D eigenvalue weighted by Gasteiger charge is 2.39. The predicted molar refractivity (Wildman–Crippen MR) is 154 cm³/mol. The van der Waals surface area contributed by atoms with E-state index in [9.17, 15) is 39.9 Å². The van der Waals surface area contributed by atoms with E-state index in [0.717, 1.165) is 23.3 Å². The predicted octanol–water partition coefficient (Wildman–Crippen LogP) is 5.23. The fourth-order valence-corrected chi connectivity index (χ4v) is 4.87. The highest BCUT2D eigenvalue weighted by molar-refractivity contribution is 6.32. The Morgan fingerprint density at radius 2 is 1.26 bits per heavy atom. The molecule has 0 bridgehead atoms. The Bertz CT molecular complexity index is 1820. The monoisotopic (exact) mass is 574 g/mol. The summed E-state index contributed by atoms with van der Waals surface area (Å²) in [5.74, 6) is -2.54. The minimum Gasteiger partial charge on any atom is -0.507 e. The van der Waals surface area contributed by atoms with Crippen molar-refractivity contribution in [3.8, 4) is 34.5 Å². The van der Waals surface area contributed by atoms with E-state index >= 15 is 0 Å². The first-order valence-electron chi connectivity index (χ1n) is 12.9. The Kier molecular flexibility index (Phi) is 7.76. The first-order chi connectivity index (χ1) is 19.7. The van der Waals surface area contributed by atoms with E-state index in [1.54, 1.807) is 6.92 Å². The summed E-state index contributed by atoms with van der Waals surface area (Å²) in [4.78, 5) is 37.2. The third kappa shape index (κ3) is 4.91. The zero-order chi connectivity index (χ0) is 31.2. The fraction of sp³-hybridized carbons (Fsp3) is 0.219. The molecule has 0 unspecified atom stereocenters. The van der Waals surface area contributed by atoms with Gasteiger partial charge in [-0.25, -0.2) is 0 Å². The van der Waals surface area contributed by atoms with E-state index in [4.69, 9.17) is 9.15 Å². The lowest BCUT2D eigenvalue weighted by Crippen LogP contribution is -2.22. The van der Waals surface area contributed by atoms with Crippen molar-refractivity contribution < 1.29 is 44.3 Å². The van der Waals surface area contributed by atoms with E-state index in [1.807, 2.05) is 19.9 Å². The van der Waals surface area contributed by atoms with E-state index in [-0.39, 0.29) is 49.9 Å². The Labute approximate surface area is 240 Å². The molecule has 218 valence electrons. The molecule has 0 radical (unpaired) electrons. The molecule has 4 aromatic rings. The van der Waals surface area contributed by atoms with Crippen molar-refractivity contribution in [2.24, 2.45) is 0 Å². The molecule has 3 aromatic carbocycles. The number of ether oxygens (including phenoxy) is 1. The molecule has 0 saturated heterocycles. The van der Waals surface area contributed by atoms with Crippen molar-refractivity contribution in [2.45, 2.75) is 41.0 Å². The number of ketones is 2. The lowest BCUT2D eigenvalue weighted by atomic mass is 9.80. The van der Waals surface area contributed by atoms with Crippen molar-refractivity contribution in [3.63, 3.8) is 0 Å². The van der Waals surface area contributed by atoms with E-state index in [2.05, 4.69) is 0 Å². The molecule has 1 heterocycles. The molecule has 0 spiro atoms. The second kappa shape index (κ2) is 11.0. The number of carbonyl (C=O) groups is 2. The quantitative estimate of drug-likeness (QED) is 0.142. The first kappa shape index (κ1) is 29.7. The van der Waals surface area contributed by atoms with Gasteiger partial charge in [0.2, 0.25) is 11.6 Å². The third-order valence-electron chi connectivity index (χ3n) is 6.95. The molecule has 1 aliphatic rings. The van der Waals surface area contributed by atoms with Crippen LogP contribution in [0.2, 0.25) is 0 Å². The van der Waals surface area contributed by atoms with Crippen LogP contribution in [0.4, 0.5) is 0 Å². The number of allylic oxidation sites excluding steroid dienone is 2. The van der Waals surface area contributed by atoms with Crippen LogP contribution in [0.25, 0.3) is 11.0 Å². The number of hydrogen-bond acceptors (Lipinski definition) is 10. The standard InChI is InChI=1S/C16H12O6.C16H18O4/c1-5-3-7(17)9-11(13(5)19)15(21)10-8(18)4-6(2)14(20)12(10)16(9)22;1-9(2)5-6-11-14(19-4)8-13(18)15-12(17)7-10(3)20-16(11)15/h3-4,17-20H,1-2H3;5,7-8,18H,6H2,1-4H3. The maximum absolute atomic E-state index is 12.6. The number of benzene rings is 3. The van der Waals surface area contributed by atoms with Gasteiger partial charge in [0.25, 0.3) is 0 Å². The highest BCUT2D eigenvalue weighted by atomic mass is 16.5. The van der Waals surface area contributed by atoms with Crippen molar-refractivity contribution >= 4 is 22.5 Å². The summed E-state index contributed by atoms with van der Waals surface area (Å²) in [6.07, 6.45) is 2.60. The number of rotatable bonds is 3. The van der Waals surface area contributed by atoms with Crippen molar-refractivity contribution in [2.75, 3.05) is 7.11 Å². The van der Waals surface area contributed by atoms with Gasteiger partial charge >= 0.3 is 0 Å². The van der Waals surface area contributed by atoms with Crippen LogP contribution < -0.4 is 10.2 Å². The summed E-state index contributed by atoms with van der Waals surface area (Å²) in [6, 6.07) is 5.16. The molecular formula is C32H30O10. The van der Waals surface area contributed by atoms with Crippen LogP contribution in [0.5, 0.6) is 34.5 Å². The number of phenols is 5. The third-order valence-corrected chi connectivity index (χ3v) is 6.95. The van der Waals surface area contributed by atoms with Gasteiger partial charge in [-0.2, -0.15) is 0 Å². The highest BCUT2D eigenvalue weighted by Crippen LogP contribution is 2.45. The zero-order valence-corrected chi connectivity index (χ0v) is 23.9. The van der Waals surface area contributed by atoms with Crippen LogP contribution >= 0.6 is 0 Å². The Balaban J connectivity index is 0.000000194. The molecule has 1 aliphatic carbocycles. The van der Waals surface area contributed by atoms with E-state index in [1.165, 1.54) is 33.1 Å². The van der Waals surface area contributed by atoms with Crippen LogP contribution in [0.15, 0.2) is 45.1 Å². The van der Waals surface area contributed by atoms with Gasteiger partial charge in [-0.1, -0.05) is 11.6 Å². The van der Waals surface area contributed by atoms with Gasteiger partial charge in [-0.3, -0.25) is 14.4 Å². The van der Waals surface area contributed by atoms with Gasteiger partial charge in [-0.15, -0.1) is 0 Å². The summed E-state index contributed by atoms with van der Waals surface area (Å²) in [5.41, 5.74) is 1.02. The molecule has 0 fully saturated rings. The van der Waals surface area contributed by atoms with E-state index < -0.39 is 34.6 Å².